The van der Waals surface area contributed by atoms with Gasteiger partial charge in [-0.3, -0.25) is 9.78 Å². The summed E-state index contributed by atoms with van der Waals surface area (Å²) < 4.78 is 52.8. The lowest BCUT2D eigenvalue weighted by atomic mass is 9.86. The van der Waals surface area contributed by atoms with Crippen molar-refractivity contribution in [2.75, 3.05) is 6.54 Å². The molecule has 2 atom stereocenters. The Bertz CT molecular complexity index is 1150. The number of hydrogen-bond donors (Lipinski definition) is 0. The maximum absolute atomic E-state index is 14.3. The van der Waals surface area contributed by atoms with Gasteiger partial charge in [0.15, 0.2) is 0 Å². The standard InChI is InChI=1S/C24H25F4N5O/c1-15-4-3-11-32(21(15)8-7-19-6-5-17(14-29-19)24(26,27)28)23(34)20-13-18(25)12-16(2)22(20)33-30-9-10-31-33/h5-6,9-10,12-15,21H,3-4,7-8,11H2,1-2H3/t15-,21-/m1/s1. The van der Waals surface area contributed by atoms with E-state index in [0.29, 0.717) is 36.3 Å². The molecule has 10 heteroatoms. The van der Waals surface area contributed by atoms with Crippen LogP contribution in [-0.4, -0.2) is 43.4 Å². The van der Waals surface area contributed by atoms with E-state index in [4.69, 9.17) is 0 Å². The van der Waals surface area contributed by atoms with Gasteiger partial charge in [-0.25, -0.2) is 4.39 Å². The van der Waals surface area contributed by atoms with E-state index in [1.807, 2.05) is 0 Å². The molecule has 1 aliphatic rings. The van der Waals surface area contributed by atoms with E-state index < -0.39 is 17.6 Å². The first kappa shape index (κ1) is 23.8. The molecular formula is C24H25F4N5O. The van der Waals surface area contributed by atoms with Crippen LogP contribution in [0.25, 0.3) is 5.69 Å². The molecule has 1 aliphatic heterocycles. The molecule has 0 spiro atoms. The van der Waals surface area contributed by atoms with Crippen molar-refractivity contribution in [1.82, 2.24) is 24.9 Å². The van der Waals surface area contributed by atoms with Crippen LogP contribution in [0.1, 0.15) is 53.4 Å². The van der Waals surface area contributed by atoms with Crippen molar-refractivity contribution in [3.8, 4) is 5.69 Å². The van der Waals surface area contributed by atoms with Crippen LogP contribution in [-0.2, 0) is 12.6 Å². The van der Waals surface area contributed by atoms with E-state index in [1.165, 1.54) is 35.4 Å². The van der Waals surface area contributed by atoms with Crippen LogP contribution in [0.3, 0.4) is 0 Å². The molecule has 0 radical (unpaired) electrons. The molecule has 4 rings (SSSR count). The zero-order valence-corrected chi connectivity index (χ0v) is 18.9. The first-order valence-corrected chi connectivity index (χ1v) is 11.1. The summed E-state index contributed by atoms with van der Waals surface area (Å²) in [6, 6.07) is 4.78. The Hall–Kier alpha value is -3.30. The number of likely N-dealkylation sites (tertiary alicyclic amines) is 1. The van der Waals surface area contributed by atoms with Crippen LogP contribution in [0.2, 0.25) is 0 Å². The summed E-state index contributed by atoms with van der Waals surface area (Å²) in [5.74, 6) is -0.660. The van der Waals surface area contributed by atoms with Crippen molar-refractivity contribution >= 4 is 5.91 Å². The van der Waals surface area contributed by atoms with Crippen molar-refractivity contribution in [3.05, 3.63) is 71.1 Å². The Balaban J connectivity index is 1.59. The van der Waals surface area contributed by atoms with Crippen LogP contribution < -0.4 is 0 Å². The molecule has 1 saturated heterocycles. The highest BCUT2D eigenvalue weighted by atomic mass is 19.4. The third-order valence-corrected chi connectivity index (χ3v) is 6.34. The number of hydrogen-bond acceptors (Lipinski definition) is 4. The minimum Gasteiger partial charge on any atom is -0.335 e. The Morgan fingerprint density at radius 1 is 1.18 bits per heavy atom. The minimum absolute atomic E-state index is 0.160. The second-order valence-corrected chi connectivity index (χ2v) is 8.70. The normalized spacial score (nSPS) is 18.8. The van der Waals surface area contributed by atoms with E-state index in [9.17, 15) is 22.4 Å². The van der Waals surface area contributed by atoms with Gasteiger partial charge in [0.05, 0.1) is 23.5 Å². The summed E-state index contributed by atoms with van der Waals surface area (Å²) in [5.41, 5.74) is 0.884. The highest BCUT2D eigenvalue weighted by Crippen LogP contribution is 2.31. The molecule has 0 saturated carbocycles. The highest BCUT2D eigenvalue weighted by molar-refractivity contribution is 5.98. The maximum Gasteiger partial charge on any atom is 0.417 e. The average molecular weight is 475 g/mol. The number of alkyl halides is 3. The first-order chi connectivity index (χ1) is 16.1. The van der Waals surface area contributed by atoms with Gasteiger partial charge < -0.3 is 4.90 Å². The van der Waals surface area contributed by atoms with E-state index in [2.05, 4.69) is 22.1 Å². The van der Waals surface area contributed by atoms with Crippen LogP contribution >= 0.6 is 0 Å². The van der Waals surface area contributed by atoms with Gasteiger partial charge in [-0.15, -0.1) is 0 Å². The van der Waals surface area contributed by atoms with Crippen molar-refractivity contribution in [3.63, 3.8) is 0 Å². The number of aryl methyl sites for hydroxylation is 2. The van der Waals surface area contributed by atoms with Crippen molar-refractivity contribution in [2.24, 2.45) is 5.92 Å². The van der Waals surface area contributed by atoms with Crippen molar-refractivity contribution in [1.29, 1.82) is 0 Å². The Kier molecular flexibility index (Phi) is 6.67. The number of piperidine rings is 1. The van der Waals surface area contributed by atoms with Gasteiger partial charge in [0.25, 0.3) is 5.91 Å². The molecular weight excluding hydrogens is 450 g/mol. The molecule has 0 bridgehead atoms. The van der Waals surface area contributed by atoms with Crippen LogP contribution in [0.5, 0.6) is 0 Å². The number of nitrogens with zero attached hydrogens (tertiary/aromatic N) is 5. The van der Waals surface area contributed by atoms with Gasteiger partial charge in [-0.1, -0.05) is 6.92 Å². The molecule has 1 amide bonds. The third-order valence-electron chi connectivity index (χ3n) is 6.34. The number of aromatic nitrogens is 4. The second-order valence-electron chi connectivity index (χ2n) is 8.70. The molecule has 2 aromatic heterocycles. The number of amides is 1. The van der Waals surface area contributed by atoms with Gasteiger partial charge >= 0.3 is 6.18 Å². The lowest BCUT2D eigenvalue weighted by Crippen LogP contribution is -2.48. The number of carbonyl (C=O) groups excluding carboxylic acids is 1. The summed E-state index contributed by atoms with van der Waals surface area (Å²) in [6.45, 7) is 4.26. The molecule has 0 unspecified atom stereocenters. The van der Waals surface area contributed by atoms with Gasteiger partial charge in [0.1, 0.15) is 11.5 Å². The van der Waals surface area contributed by atoms with E-state index in [0.717, 1.165) is 25.1 Å². The van der Waals surface area contributed by atoms with Gasteiger partial charge in [-0.05, 0) is 68.4 Å². The SMILES string of the molecule is Cc1cc(F)cc(C(=O)N2CCC[C@@H](C)[C@H]2CCc2ccc(C(F)(F)F)cn2)c1-n1nccn1. The highest BCUT2D eigenvalue weighted by Gasteiger charge is 2.34. The smallest absolute Gasteiger partial charge is 0.335 e. The fourth-order valence-corrected chi connectivity index (χ4v) is 4.63. The van der Waals surface area contributed by atoms with Crippen LogP contribution in [0, 0.1) is 18.7 Å². The van der Waals surface area contributed by atoms with E-state index >= 15 is 0 Å². The molecule has 3 heterocycles. The summed E-state index contributed by atoms with van der Waals surface area (Å²) in [6.07, 6.45) is 2.07. The third kappa shape index (κ3) is 4.95. The largest absolute Gasteiger partial charge is 0.417 e. The summed E-state index contributed by atoms with van der Waals surface area (Å²) in [4.78, 5) is 20.7. The lowest BCUT2D eigenvalue weighted by Gasteiger charge is -2.40. The number of carbonyl (C=O) groups is 1. The Labute approximate surface area is 194 Å². The van der Waals surface area contributed by atoms with Gasteiger partial charge in [-0.2, -0.15) is 28.2 Å². The number of benzene rings is 1. The molecule has 0 N–H and O–H groups in total. The number of rotatable bonds is 5. The number of halogens is 4. The Morgan fingerprint density at radius 3 is 2.56 bits per heavy atom. The average Bonchev–Trinajstić information content (AvgIpc) is 3.31. The van der Waals surface area contributed by atoms with Crippen LogP contribution in [0.4, 0.5) is 17.6 Å². The summed E-state index contributed by atoms with van der Waals surface area (Å²) in [7, 11) is 0. The van der Waals surface area contributed by atoms with Crippen molar-refractivity contribution < 1.29 is 22.4 Å². The predicted molar refractivity (Wildman–Crippen MR) is 117 cm³/mol. The Morgan fingerprint density at radius 2 is 1.91 bits per heavy atom. The molecule has 6 nitrogen and oxygen atoms in total. The molecule has 180 valence electrons. The monoisotopic (exact) mass is 475 g/mol. The number of pyridine rings is 1. The topological polar surface area (TPSA) is 63.9 Å². The molecule has 1 fully saturated rings. The van der Waals surface area contributed by atoms with Crippen molar-refractivity contribution in [2.45, 2.75) is 51.7 Å². The molecule has 3 aromatic rings. The van der Waals surface area contributed by atoms with Gasteiger partial charge in [0, 0.05) is 24.5 Å². The predicted octanol–water partition coefficient (Wildman–Crippen LogP) is 5.00. The summed E-state index contributed by atoms with van der Waals surface area (Å²) in [5, 5.41) is 8.25. The maximum atomic E-state index is 14.3. The summed E-state index contributed by atoms with van der Waals surface area (Å²) >= 11 is 0. The lowest BCUT2D eigenvalue weighted by molar-refractivity contribution is -0.137. The zero-order valence-electron chi connectivity index (χ0n) is 18.9. The quantitative estimate of drug-likeness (QED) is 0.487. The van der Waals surface area contributed by atoms with Gasteiger partial charge in [0.2, 0.25) is 0 Å². The fraction of sp³-hybridized carbons (Fsp3) is 0.417. The zero-order chi connectivity index (χ0) is 24.5. The van der Waals surface area contributed by atoms with Crippen LogP contribution in [0.15, 0.2) is 42.9 Å². The second kappa shape index (κ2) is 9.52. The van der Waals surface area contributed by atoms with E-state index in [1.54, 1.807) is 11.8 Å². The molecule has 0 aliphatic carbocycles. The first-order valence-electron chi connectivity index (χ1n) is 11.1. The fourth-order valence-electron chi connectivity index (χ4n) is 4.63. The minimum atomic E-state index is -4.43. The molecule has 34 heavy (non-hydrogen) atoms. The van der Waals surface area contributed by atoms with E-state index in [-0.39, 0.29) is 23.4 Å². The molecule has 1 aromatic carbocycles.